The maximum atomic E-state index is 6.55. The quantitative estimate of drug-likeness (QED) is 0.454. The van der Waals surface area contributed by atoms with Crippen LogP contribution in [0.4, 0.5) is 0 Å². The summed E-state index contributed by atoms with van der Waals surface area (Å²) in [4.78, 5) is 7.16. The third-order valence-corrected chi connectivity index (χ3v) is 11.4. The molecule has 0 amide bonds. The van der Waals surface area contributed by atoms with Gasteiger partial charge in [0.05, 0.1) is 34.8 Å². The molecular formula is C32H42N6OS. The first-order valence-corrected chi connectivity index (χ1v) is 17.2. The summed E-state index contributed by atoms with van der Waals surface area (Å²) in [5.41, 5.74) is 8.31. The molecule has 1 saturated heterocycles. The van der Waals surface area contributed by atoms with Crippen molar-refractivity contribution in [2.45, 2.75) is 44.9 Å². The van der Waals surface area contributed by atoms with E-state index < -0.39 is 10.0 Å². The van der Waals surface area contributed by atoms with Crippen molar-refractivity contribution < 1.29 is 4.74 Å². The van der Waals surface area contributed by atoms with Gasteiger partial charge in [0.1, 0.15) is 11.9 Å². The van der Waals surface area contributed by atoms with Crippen LogP contribution in [0.2, 0.25) is 0 Å². The molecule has 1 aromatic heterocycles. The highest BCUT2D eigenvalue weighted by Gasteiger charge is 2.40. The zero-order valence-corrected chi connectivity index (χ0v) is 25.5. The topological polar surface area (TPSA) is 47.9 Å². The molecule has 4 atom stereocenters. The fourth-order valence-corrected chi connectivity index (χ4v) is 9.89. The Bertz CT molecular complexity index is 1560. The number of likely N-dealkylation sites (N-methyl/N-ethyl adjacent to an activating group) is 2. The van der Waals surface area contributed by atoms with E-state index in [9.17, 15) is 0 Å². The fraction of sp³-hybridized carbons (Fsp3) is 0.438. The normalized spacial score (nSPS) is 28.0. The van der Waals surface area contributed by atoms with Crippen LogP contribution in [0.25, 0.3) is 33.6 Å². The van der Waals surface area contributed by atoms with Crippen LogP contribution in [-0.4, -0.2) is 82.9 Å². The number of ether oxygens (including phenoxy) is 1. The van der Waals surface area contributed by atoms with E-state index in [0.717, 1.165) is 17.7 Å². The maximum absolute atomic E-state index is 6.55. The molecule has 0 bridgehead atoms. The number of nitrogens with zero attached hydrogens (tertiary/aromatic N) is 4. The van der Waals surface area contributed by atoms with Gasteiger partial charge in [0.15, 0.2) is 6.23 Å². The van der Waals surface area contributed by atoms with E-state index in [-0.39, 0.29) is 6.23 Å². The van der Waals surface area contributed by atoms with E-state index in [0.29, 0.717) is 18.4 Å². The minimum atomic E-state index is -0.554. The van der Waals surface area contributed by atoms with Gasteiger partial charge in [0.25, 0.3) is 0 Å². The number of fused-ring (bicyclic) bond motifs is 5. The number of hydrogen-bond donors (Lipinski definition) is 2. The molecule has 4 unspecified atom stereocenters. The third-order valence-electron chi connectivity index (χ3n) is 9.09. The van der Waals surface area contributed by atoms with Gasteiger partial charge < -0.3 is 29.7 Å². The largest absolute Gasteiger partial charge is 0.470 e. The van der Waals surface area contributed by atoms with Crippen molar-refractivity contribution in [2.24, 2.45) is 0 Å². The zero-order valence-electron chi connectivity index (χ0n) is 24.7. The van der Waals surface area contributed by atoms with Gasteiger partial charge in [0.2, 0.25) is 0 Å². The van der Waals surface area contributed by atoms with Crippen LogP contribution in [-0.2, 0) is 0 Å². The van der Waals surface area contributed by atoms with Crippen molar-refractivity contribution >= 4 is 32.3 Å². The summed E-state index contributed by atoms with van der Waals surface area (Å²) in [6.45, 7) is 4.36. The number of rotatable bonds is 4. The van der Waals surface area contributed by atoms with Crippen molar-refractivity contribution in [1.82, 2.24) is 29.9 Å². The summed E-state index contributed by atoms with van der Waals surface area (Å²) in [7, 11) is 6.05. The first-order chi connectivity index (χ1) is 19.1. The molecular weight excluding hydrogens is 516 g/mol. The van der Waals surface area contributed by atoms with E-state index in [1.807, 2.05) is 0 Å². The summed E-state index contributed by atoms with van der Waals surface area (Å²) in [6.07, 6.45) is 11.0. The molecule has 2 N–H and O–H groups in total. The van der Waals surface area contributed by atoms with E-state index >= 15 is 0 Å². The lowest BCUT2D eigenvalue weighted by Gasteiger charge is -2.32. The summed E-state index contributed by atoms with van der Waals surface area (Å²) in [5.74, 6) is 3.43. The molecule has 0 aliphatic carbocycles. The molecule has 7 nitrogen and oxygen atoms in total. The standard InChI is InChI=1S/C32H42N6OS/c1-8-31-33-25(16-35(31)3)21-10-12-27-23(13-21)14-28-24-11-9-22(15-30(24)39-20(2)38(27)28)26-17-36(4)32(34-26)29-18-40(6,7)19-37(29)5/h9-17,20,29,31-34H,8,18-19H2,1-7H3. The fourth-order valence-electron chi connectivity index (χ4n) is 7.13. The number of aromatic nitrogens is 1. The van der Waals surface area contributed by atoms with Gasteiger partial charge in [-0.15, -0.1) is 0 Å². The monoisotopic (exact) mass is 558 g/mol. The highest BCUT2D eigenvalue weighted by molar-refractivity contribution is 8.32. The Kier molecular flexibility index (Phi) is 5.88. The number of hydrogen-bond acceptors (Lipinski definition) is 6. The SMILES string of the molecule is CCC1NC(c2ccc3c(c2)cc2n3C(C)Oc3cc(C4=CN(C)C(C5CS(C)(C)CN5C)N4)ccc3-2)=CN1C. The van der Waals surface area contributed by atoms with Crippen LogP contribution in [0.3, 0.4) is 0 Å². The van der Waals surface area contributed by atoms with Gasteiger partial charge >= 0.3 is 0 Å². The first-order valence-electron chi connectivity index (χ1n) is 14.4. The van der Waals surface area contributed by atoms with Gasteiger partial charge in [-0.1, -0.05) is 19.1 Å². The van der Waals surface area contributed by atoms with Crippen molar-refractivity contribution in [2.75, 3.05) is 45.3 Å². The lowest BCUT2D eigenvalue weighted by Crippen LogP contribution is -2.50. The van der Waals surface area contributed by atoms with Gasteiger partial charge in [-0.25, -0.2) is 10.0 Å². The average Bonchev–Trinajstić information content (AvgIpc) is 3.65. The van der Waals surface area contributed by atoms with Gasteiger partial charge in [-0.3, -0.25) is 4.90 Å². The summed E-state index contributed by atoms with van der Waals surface area (Å²) < 4.78 is 8.88. The van der Waals surface area contributed by atoms with Crippen LogP contribution in [0.1, 0.15) is 37.6 Å². The Hall–Kier alpha value is -3.23. The molecule has 8 heteroatoms. The first kappa shape index (κ1) is 25.7. The second kappa shape index (κ2) is 9.14. The Morgan fingerprint density at radius 2 is 1.65 bits per heavy atom. The van der Waals surface area contributed by atoms with Crippen molar-refractivity contribution in [1.29, 1.82) is 0 Å². The summed E-state index contributed by atoms with van der Waals surface area (Å²) in [5, 5.41) is 8.75. The van der Waals surface area contributed by atoms with Crippen molar-refractivity contribution in [3.8, 4) is 17.0 Å². The van der Waals surface area contributed by atoms with Crippen LogP contribution in [0, 0.1) is 0 Å². The highest BCUT2D eigenvalue weighted by Crippen LogP contribution is 2.48. The molecule has 5 heterocycles. The molecule has 0 radical (unpaired) electrons. The molecule has 3 aromatic rings. The minimum absolute atomic E-state index is 0.0844. The Labute approximate surface area is 239 Å². The average molecular weight is 559 g/mol. The van der Waals surface area contributed by atoms with E-state index in [2.05, 4.69) is 132 Å². The van der Waals surface area contributed by atoms with Crippen LogP contribution in [0.5, 0.6) is 5.75 Å². The molecule has 0 spiro atoms. The number of benzene rings is 2. The van der Waals surface area contributed by atoms with E-state index in [1.54, 1.807) is 0 Å². The summed E-state index contributed by atoms with van der Waals surface area (Å²) in [6, 6.07) is 16.3. The summed E-state index contributed by atoms with van der Waals surface area (Å²) >= 11 is 0. The Balaban J connectivity index is 1.18. The number of nitrogens with one attached hydrogen (secondary N) is 2. The molecule has 4 aliphatic rings. The third kappa shape index (κ3) is 4.06. The van der Waals surface area contributed by atoms with Crippen molar-refractivity contribution in [3.05, 3.63) is 66.0 Å². The van der Waals surface area contributed by atoms with E-state index in [1.165, 1.54) is 50.7 Å². The van der Waals surface area contributed by atoms with Crippen LogP contribution >= 0.6 is 10.0 Å². The van der Waals surface area contributed by atoms with Gasteiger partial charge in [0, 0.05) is 48.9 Å². The molecule has 0 saturated carbocycles. The smallest absolute Gasteiger partial charge is 0.173 e. The lowest BCUT2D eigenvalue weighted by atomic mass is 10.0. The second-order valence-electron chi connectivity index (χ2n) is 12.6. The minimum Gasteiger partial charge on any atom is -0.470 e. The van der Waals surface area contributed by atoms with Gasteiger partial charge in [-0.2, -0.15) is 0 Å². The second-order valence-corrected chi connectivity index (χ2v) is 16.7. The van der Waals surface area contributed by atoms with Crippen LogP contribution < -0.4 is 15.4 Å². The molecule has 40 heavy (non-hydrogen) atoms. The molecule has 2 aromatic carbocycles. The molecule has 7 rings (SSSR count). The van der Waals surface area contributed by atoms with Crippen molar-refractivity contribution in [3.63, 3.8) is 0 Å². The van der Waals surface area contributed by atoms with Crippen LogP contribution in [0.15, 0.2) is 54.9 Å². The predicted octanol–water partition coefficient (Wildman–Crippen LogP) is 5.28. The van der Waals surface area contributed by atoms with E-state index in [4.69, 9.17) is 4.74 Å². The Morgan fingerprint density at radius 1 is 0.925 bits per heavy atom. The predicted molar refractivity (Wildman–Crippen MR) is 169 cm³/mol. The van der Waals surface area contributed by atoms with Gasteiger partial charge in [-0.05, 0) is 74.6 Å². The zero-order chi connectivity index (χ0) is 27.9. The highest BCUT2D eigenvalue weighted by atomic mass is 32.3. The molecule has 1 fully saturated rings. The Morgan fingerprint density at radius 3 is 2.38 bits per heavy atom. The molecule has 212 valence electrons. The molecule has 4 aliphatic heterocycles. The maximum Gasteiger partial charge on any atom is 0.173 e. The lowest BCUT2D eigenvalue weighted by molar-refractivity contribution is 0.152.